The summed E-state index contributed by atoms with van der Waals surface area (Å²) in [6.07, 6.45) is 7.72. The molecule has 5 heteroatoms. The number of hydrogen-bond donors (Lipinski definition) is 0. The van der Waals surface area contributed by atoms with Crippen LogP contribution in [0.2, 0.25) is 0 Å². The van der Waals surface area contributed by atoms with Crippen LogP contribution >= 0.6 is 0 Å². The average Bonchev–Trinajstić information content (AvgIpc) is 3.98. The zero-order chi connectivity index (χ0) is 48.4. The van der Waals surface area contributed by atoms with Gasteiger partial charge in [0.05, 0.1) is 33.4 Å². The van der Waals surface area contributed by atoms with Crippen molar-refractivity contribution in [2.24, 2.45) is 5.92 Å². The van der Waals surface area contributed by atoms with Crippen LogP contribution in [0, 0.1) is 5.92 Å². The number of nitrogens with zero attached hydrogens (tertiary/aromatic N) is 5. The summed E-state index contributed by atoms with van der Waals surface area (Å²) in [7, 11) is 0. The molecule has 3 heterocycles. The predicted molar refractivity (Wildman–Crippen MR) is 304 cm³/mol. The molecule has 0 bridgehead atoms. The molecule has 1 aliphatic carbocycles. The lowest BCUT2D eigenvalue weighted by Crippen LogP contribution is -2.07. The minimum Gasteiger partial charge on any atom is -0.309 e. The number of benzene rings is 10. The number of para-hydroxylation sites is 4. The SMILES string of the molecule is CC1CC=CC=C1c1cc(-c2nc(-c3ccccc3)nc(-c3ccc4cc(-c5cc(-c6ccccc6)ccc5-n5c6ccccc6c6ccccc65)ccc4c3)n2)ccc1-n1c2ccccc2c2ccccc21. The Kier molecular flexibility index (Phi) is 10.1. The van der Waals surface area contributed by atoms with Crippen LogP contribution in [0.25, 0.3) is 128 Å². The van der Waals surface area contributed by atoms with Gasteiger partial charge >= 0.3 is 0 Å². The van der Waals surface area contributed by atoms with E-state index < -0.39 is 0 Å². The Morgan fingerprint density at radius 2 is 0.767 bits per heavy atom. The van der Waals surface area contributed by atoms with E-state index in [1.54, 1.807) is 0 Å². The zero-order valence-electron chi connectivity index (χ0n) is 40.2. The second-order valence-corrected chi connectivity index (χ2v) is 19.2. The molecule has 3 aromatic heterocycles. The molecule has 73 heavy (non-hydrogen) atoms. The van der Waals surface area contributed by atoms with Crippen molar-refractivity contribution in [1.82, 2.24) is 24.1 Å². The van der Waals surface area contributed by atoms with Crippen LogP contribution in [0.4, 0.5) is 0 Å². The highest BCUT2D eigenvalue weighted by Gasteiger charge is 2.23. The van der Waals surface area contributed by atoms with Crippen LogP contribution in [-0.4, -0.2) is 24.1 Å². The summed E-state index contributed by atoms with van der Waals surface area (Å²) in [5.74, 6) is 2.21. The van der Waals surface area contributed by atoms with Gasteiger partial charge in [0.15, 0.2) is 17.5 Å². The van der Waals surface area contributed by atoms with Gasteiger partial charge in [-0.3, -0.25) is 0 Å². The summed E-state index contributed by atoms with van der Waals surface area (Å²) in [5, 5.41) is 7.19. The smallest absolute Gasteiger partial charge is 0.164 e. The monoisotopic (exact) mass is 933 g/mol. The fourth-order valence-corrected chi connectivity index (χ4v) is 11.2. The predicted octanol–water partition coefficient (Wildman–Crippen LogP) is 17.5. The van der Waals surface area contributed by atoms with E-state index in [2.05, 4.69) is 247 Å². The van der Waals surface area contributed by atoms with Crippen molar-refractivity contribution in [3.63, 3.8) is 0 Å². The second-order valence-electron chi connectivity index (χ2n) is 19.2. The first-order chi connectivity index (χ1) is 36.1. The Balaban J connectivity index is 0.911. The van der Waals surface area contributed by atoms with Crippen molar-refractivity contribution in [3.05, 3.63) is 254 Å². The highest BCUT2D eigenvalue weighted by atomic mass is 15.0. The quantitative estimate of drug-likeness (QED) is 0.153. The third-order valence-electron chi connectivity index (χ3n) is 14.8. The number of allylic oxidation sites excluding steroid dienone is 4. The molecular weight excluding hydrogens is 887 g/mol. The lowest BCUT2D eigenvalue weighted by atomic mass is 9.86. The first-order valence-electron chi connectivity index (χ1n) is 25.2. The maximum absolute atomic E-state index is 5.33. The van der Waals surface area contributed by atoms with Crippen LogP contribution < -0.4 is 0 Å². The van der Waals surface area contributed by atoms with Gasteiger partial charge in [0.25, 0.3) is 0 Å². The summed E-state index contributed by atoms with van der Waals surface area (Å²) >= 11 is 0. The largest absolute Gasteiger partial charge is 0.309 e. The maximum atomic E-state index is 5.33. The minimum absolute atomic E-state index is 0.326. The lowest BCUT2D eigenvalue weighted by molar-refractivity contribution is 0.758. The fraction of sp³-hybridized carbons (Fsp3) is 0.0441. The van der Waals surface area contributed by atoms with Gasteiger partial charge in [-0.05, 0) is 112 Å². The molecule has 10 aromatic carbocycles. The lowest BCUT2D eigenvalue weighted by Gasteiger charge is -2.22. The molecule has 1 atom stereocenters. The number of rotatable bonds is 8. The Hall–Kier alpha value is -9.45. The number of aromatic nitrogens is 5. The van der Waals surface area contributed by atoms with Crippen molar-refractivity contribution in [2.45, 2.75) is 13.3 Å². The Morgan fingerprint density at radius 3 is 1.32 bits per heavy atom. The van der Waals surface area contributed by atoms with Crippen LogP contribution in [0.3, 0.4) is 0 Å². The summed E-state index contributed by atoms with van der Waals surface area (Å²) in [5.41, 5.74) is 16.9. The Morgan fingerprint density at radius 1 is 0.356 bits per heavy atom. The molecule has 14 rings (SSSR count). The summed E-state index contributed by atoms with van der Waals surface area (Å²) < 4.78 is 4.85. The highest BCUT2D eigenvalue weighted by molar-refractivity contribution is 6.11. The van der Waals surface area contributed by atoms with Gasteiger partial charge in [0.2, 0.25) is 0 Å². The maximum Gasteiger partial charge on any atom is 0.164 e. The number of fused-ring (bicyclic) bond motifs is 7. The van der Waals surface area contributed by atoms with Gasteiger partial charge in [-0.15, -0.1) is 0 Å². The van der Waals surface area contributed by atoms with Gasteiger partial charge in [-0.2, -0.15) is 0 Å². The van der Waals surface area contributed by atoms with Gasteiger partial charge in [0, 0.05) is 49.4 Å². The molecule has 13 aromatic rings. The van der Waals surface area contributed by atoms with Gasteiger partial charge in [-0.1, -0.05) is 189 Å². The van der Waals surface area contributed by atoms with E-state index in [-0.39, 0.29) is 0 Å². The van der Waals surface area contributed by atoms with Crippen molar-refractivity contribution >= 4 is 60.0 Å². The Labute approximate surface area is 423 Å². The Bertz CT molecular complexity index is 4260. The van der Waals surface area contributed by atoms with Crippen LogP contribution in [0.15, 0.2) is 249 Å². The average molecular weight is 934 g/mol. The van der Waals surface area contributed by atoms with Crippen LogP contribution in [0.5, 0.6) is 0 Å². The third kappa shape index (κ3) is 7.27. The zero-order valence-corrected chi connectivity index (χ0v) is 40.2. The molecule has 1 aliphatic rings. The molecule has 0 radical (unpaired) electrons. The molecule has 0 saturated heterocycles. The topological polar surface area (TPSA) is 48.5 Å². The molecule has 0 aliphatic heterocycles. The molecule has 0 amide bonds. The third-order valence-corrected chi connectivity index (χ3v) is 14.8. The van der Waals surface area contributed by atoms with Crippen LogP contribution in [0.1, 0.15) is 18.9 Å². The second kappa shape index (κ2) is 17.4. The van der Waals surface area contributed by atoms with Crippen LogP contribution in [-0.2, 0) is 0 Å². The van der Waals surface area contributed by atoms with E-state index in [9.17, 15) is 0 Å². The molecule has 0 N–H and O–H groups in total. The van der Waals surface area contributed by atoms with Gasteiger partial charge in [0.1, 0.15) is 0 Å². The molecule has 344 valence electrons. The fourth-order valence-electron chi connectivity index (χ4n) is 11.2. The molecule has 0 saturated carbocycles. The van der Waals surface area contributed by atoms with Crippen molar-refractivity contribution < 1.29 is 0 Å². The van der Waals surface area contributed by atoms with Gasteiger partial charge in [-0.25, -0.2) is 15.0 Å². The summed E-state index contributed by atoms with van der Waals surface area (Å²) in [4.78, 5) is 15.8. The van der Waals surface area contributed by atoms with E-state index in [1.165, 1.54) is 65.9 Å². The molecule has 0 spiro atoms. The normalized spacial score (nSPS) is 13.7. The summed E-state index contributed by atoms with van der Waals surface area (Å²) in [6.45, 7) is 2.32. The van der Waals surface area contributed by atoms with E-state index in [0.717, 1.165) is 56.4 Å². The van der Waals surface area contributed by atoms with Crippen molar-refractivity contribution in [1.29, 1.82) is 0 Å². The molecule has 0 fully saturated rings. The summed E-state index contributed by atoms with van der Waals surface area (Å²) in [6, 6.07) is 82.9. The van der Waals surface area contributed by atoms with E-state index in [1.807, 2.05) is 18.2 Å². The first-order valence-corrected chi connectivity index (χ1v) is 25.2. The van der Waals surface area contributed by atoms with Crippen molar-refractivity contribution in [3.8, 4) is 67.8 Å². The van der Waals surface area contributed by atoms with Gasteiger partial charge < -0.3 is 9.13 Å². The number of hydrogen-bond acceptors (Lipinski definition) is 3. The minimum atomic E-state index is 0.326. The van der Waals surface area contributed by atoms with E-state index in [4.69, 9.17) is 15.0 Å². The van der Waals surface area contributed by atoms with E-state index >= 15 is 0 Å². The molecular formula is C68H47N5. The molecule has 5 nitrogen and oxygen atoms in total. The van der Waals surface area contributed by atoms with Crippen molar-refractivity contribution in [2.75, 3.05) is 0 Å². The van der Waals surface area contributed by atoms with E-state index in [0.29, 0.717) is 23.4 Å². The first kappa shape index (κ1) is 42.4. The standard InChI is InChI=1S/C68H47N5/c1-44-18-8-9-23-53(44)59-43-52(37-39-65(59)73-62-30-16-12-26-56(62)57-27-13-17-31-63(57)73)68-70-66(46-21-6-3-7-22-46)69-67(71-68)51-35-33-47-40-50(34-32-48(47)41-51)58-42-49(45-19-4-2-5-20-45)36-38-64(58)72-60-28-14-10-24-54(60)55-25-11-15-29-61(55)72/h2-17,19-44H,18H2,1H3. The highest BCUT2D eigenvalue weighted by Crippen LogP contribution is 2.42. The molecule has 1 unspecified atom stereocenters.